The Balaban J connectivity index is 2.01. The van der Waals surface area contributed by atoms with E-state index in [1.165, 1.54) is 18.2 Å². The minimum absolute atomic E-state index is 0.108. The fourth-order valence-corrected chi connectivity index (χ4v) is 3.51. The Labute approximate surface area is 130 Å². The van der Waals surface area contributed by atoms with Gasteiger partial charge in [-0.15, -0.1) is 0 Å². The van der Waals surface area contributed by atoms with Crippen molar-refractivity contribution in [3.05, 3.63) is 63.6 Å². The molecular weight excluding hydrogens is 338 g/mol. The summed E-state index contributed by atoms with van der Waals surface area (Å²) >= 11 is 3.39. The van der Waals surface area contributed by atoms with E-state index in [0.29, 0.717) is 11.0 Å². The first-order valence-electron chi connectivity index (χ1n) is 6.80. The predicted molar refractivity (Wildman–Crippen MR) is 83.3 cm³/mol. The lowest BCUT2D eigenvalue weighted by molar-refractivity contribution is 0.613. The molecule has 1 unspecified atom stereocenters. The lowest BCUT2D eigenvalue weighted by Crippen LogP contribution is -2.32. The van der Waals surface area contributed by atoms with Gasteiger partial charge >= 0.3 is 0 Å². The van der Waals surface area contributed by atoms with E-state index in [9.17, 15) is 8.78 Å². The number of anilines is 1. The van der Waals surface area contributed by atoms with E-state index >= 15 is 0 Å². The molecule has 2 aromatic carbocycles. The molecule has 1 aliphatic rings. The minimum Gasteiger partial charge on any atom is -0.363 e. The van der Waals surface area contributed by atoms with E-state index in [1.807, 2.05) is 6.07 Å². The second-order valence-electron chi connectivity index (χ2n) is 5.13. The van der Waals surface area contributed by atoms with Crippen molar-refractivity contribution in [1.29, 1.82) is 0 Å². The molecule has 1 aliphatic heterocycles. The third-order valence-electron chi connectivity index (χ3n) is 3.90. The van der Waals surface area contributed by atoms with E-state index in [4.69, 9.17) is 5.73 Å². The standard InChI is InChI=1S/C16H15BrF2N2/c17-14-7-11(18)3-4-13(14)16(9-20)21-6-5-10-1-2-12(19)8-15(10)21/h1-4,7-8,16H,5-6,9,20H2. The molecule has 0 saturated heterocycles. The molecule has 0 saturated carbocycles. The minimum atomic E-state index is -0.297. The van der Waals surface area contributed by atoms with Crippen LogP contribution in [0, 0.1) is 11.6 Å². The fourth-order valence-electron chi connectivity index (χ4n) is 2.89. The zero-order valence-electron chi connectivity index (χ0n) is 11.3. The molecule has 0 aliphatic carbocycles. The molecule has 0 aromatic heterocycles. The molecule has 21 heavy (non-hydrogen) atoms. The van der Waals surface area contributed by atoms with Crippen molar-refractivity contribution < 1.29 is 8.78 Å². The van der Waals surface area contributed by atoms with Gasteiger partial charge in [0, 0.05) is 23.2 Å². The molecular formula is C16H15BrF2N2. The first kappa shape index (κ1) is 14.5. The number of benzene rings is 2. The average Bonchev–Trinajstić information content (AvgIpc) is 2.85. The second-order valence-corrected chi connectivity index (χ2v) is 5.99. The monoisotopic (exact) mass is 352 g/mol. The van der Waals surface area contributed by atoms with Crippen molar-refractivity contribution in [3.8, 4) is 0 Å². The second kappa shape index (κ2) is 5.73. The summed E-state index contributed by atoms with van der Waals surface area (Å²) in [6.07, 6.45) is 0.866. The van der Waals surface area contributed by atoms with Crippen LogP contribution in [0.2, 0.25) is 0 Å². The van der Waals surface area contributed by atoms with Gasteiger partial charge in [0.15, 0.2) is 0 Å². The summed E-state index contributed by atoms with van der Waals surface area (Å²) in [5.41, 5.74) is 8.84. The number of nitrogens with zero attached hydrogens (tertiary/aromatic N) is 1. The number of hydrogen-bond acceptors (Lipinski definition) is 2. The molecule has 2 N–H and O–H groups in total. The average molecular weight is 353 g/mol. The summed E-state index contributed by atoms with van der Waals surface area (Å²) < 4.78 is 27.5. The van der Waals surface area contributed by atoms with Gasteiger partial charge in [-0.1, -0.05) is 28.1 Å². The molecule has 5 heteroatoms. The van der Waals surface area contributed by atoms with Crippen molar-refractivity contribution in [2.75, 3.05) is 18.0 Å². The molecule has 0 bridgehead atoms. The lowest BCUT2D eigenvalue weighted by atomic mass is 10.0. The van der Waals surface area contributed by atoms with Crippen LogP contribution >= 0.6 is 15.9 Å². The fraction of sp³-hybridized carbons (Fsp3) is 0.250. The van der Waals surface area contributed by atoms with Crippen molar-refractivity contribution >= 4 is 21.6 Å². The third-order valence-corrected chi connectivity index (χ3v) is 4.59. The molecule has 0 fully saturated rings. The molecule has 110 valence electrons. The zero-order valence-corrected chi connectivity index (χ0v) is 12.9. The molecule has 1 atom stereocenters. The summed E-state index contributed by atoms with van der Waals surface area (Å²) in [6.45, 7) is 1.16. The van der Waals surface area contributed by atoms with E-state index in [1.54, 1.807) is 12.1 Å². The van der Waals surface area contributed by atoms with Crippen LogP contribution in [-0.4, -0.2) is 13.1 Å². The summed E-state index contributed by atoms with van der Waals surface area (Å²) in [7, 11) is 0. The number of fused-ring (bicyclic) bond motifs is 1. The van der Waals surface area contributed by atoms with Gasteiger partial charge in [-0.3, -0.25) is 0 Å². The first-order valence-corrected chi connectivity index (χ1v) is 7.59. The number of halogens is 3. The summed E-state index contributed by atoms with van der Waals surface area (Å²) in [5.74, 6) is -0.552. The van der Waals surface area contributed by atoms with Crippen molar-refractivity contribution in [2.45, 2.75) is 12.5 Å². The SMILES string of the molecule is NCC(c1ccc(F)cc1Br)N1CCc2ccc(F)cc21. The van der Waals surface area contributed by atoms with Crippen LogP contribution in [0.3, 0.4) is 0 Å². The molecule has 1 heterocycles. The van der Waals surface area contributed by atoms with Crippen molar-refractivity contribution in [2.24, 2.45) is 5.73 Å². The molecule has 3 rings (SSSR count). The Kier molecular flexibility index (Phi) is 3.95. The topological polar surface area (TPSA) is 29.3 Å². The highest BCUT2D eigenvalue weighted by atomic mass is 79.9. The van der Waals surface area contributed by atoms with Crippen LogP contribution in [0.15, 0.2) is 40.9 Å². The van der Waals surface area contributed by atoms with Crippen LogP contribution in [-0.2, 0) is 6.42 Å². The number of rotatable bonds is 3. The van der Waals surface area contributed by atoms with Gasteiger partial charge in [-0.25, -0.2) is 8.78 Å². The van der Waals surface area contributed by atoms with Gasteiger partial charge in [0.1, 0.15) is 11.6 Å². The lowest BCUT2D eigenvalue weighted by Gasteiger charge is -2.30. The Morgan fingerprint density at radius 3 is 2.57 bits per heavy atom. The number of nitrogens with two attached hydrogens (primary N) is 1. The van der Waals surface area contributed by atoms with Crippen LogP contribution in [0.4, 0.5) is 14.5 Å². The van der Waals surface area contributed by atoms with Gasteiger partial charge in [0.05, 0.1) is 6.04 Å². The van der Waals surface area contributed by atoms with Gasteiger partial charge in [-0.2, -0.15) is 0 Å². The van der Waals surface area contributed by atoms with Crippen molar-refractivity contribution in [1.82, 2.24) is 0 Å². The third kappa shape index (κ3) is 2.68. The quantitative estimate of drug-likeness (QED) is 0.910. The van der Waals surface area contributed by atoms with E-state index in [2.05, 4.69) is 20.8 Å². The highest BCUT2D eigenvalue weighted by molar-refractivity contribution is 9.10. The van der Waals surface area contributed by atoms with E-state index < -0.39 is 0 Å². The molecule has 2 nitrogen and oxygen atoms in total. The van der Waals surface area contributed by atoms with Gasteiger partial charge in [0.2, 0.25) is 0 Å². The smallest absolute Gasteiger partial charge is 0.125 e. The van der Waals surface area contributed by atoms with Gasteiger partial charge in [0.25, 0.3) is 0 Å². The Morgan fingerprint density at radius 2 is 1.86 bits per heavy atom. The zero-order chi connectivity index (χ0) is 15.0. The largest absolute Gasteiger partial charge is 0.363 e. The van der Waals surface area contributed by atoms with E-state index in [-0.39, 0.29) is 17.7 Å². The maximum Gasteiger partial charge on any atom is 0.125 e. The first-order chi connectivity index (χ1) is 10.1. The van der Waals surface area contributed by atoms with Gasteiger partial charge < -0.3 is 10.6 Å². The highest BCUT2D eigenvalue weighted by Gasteiger charge is 2.28. The Morgan fingerprint density at radius 1 is 1.14 bits per heavy atom. The van der Waals surface area contributed by atoms with Crippen LogP contribution in [0.1, 0.15) is 17.2 Å². The van der Waals surface area contributed by atoms with Crippen LogP contribution in [0.25, 0.3) is 0 Å². The molecule has 2 aromatic rings. The van der Waals surface area contributed by atoms with Crippen LogP contribution in [0.5, 0.6) is 0 Å². The maximum absolute atomic E-state index is 13.5. The summed E-state index contributed by atoms with van der Waals surface area (Å²) in [4.78, 5) is 2.09. The Bertz CT molecular complexity index is 675. The van der Waals surface area contributed by atoms with Crippen LogP contribution < -0.4 is 10.6 Å². The molecule has 0 spiro atoms. The summed E-state index contributed by atoms with van der Waals surface area (Å²) in [5, 5.41) is 0. The highest BCUT2D eigenvalue weighted by Crippen LogP contribution is 2.37. The molecule has 0 radical (unpaired) electrons. The summed E-state index contributed by atoms with van der Waals surface area (Å²) in [6, 6.07) is 9.32. The predicted octanol–water partition coefficient (Wildman–Crippen LogP) is 3.79. The Hall–Kier alpha value is -1.46. The van der Waals surface area contributed by atoms with E-state index in [0.717, 1.165) is 29.8 Å². The number of hydrogen-bond donors (Lipinski definition) is 1. The van der Waals surface area contributed by atoms with Gasteiger partial charge in [-0.05, 0) is 41.8 Å². The normalized spacial score (nSPS) is 15.1. The van der Waals surface area contributed by atoms with Crippen molar-refractivity contribution in [3.63, 3.8) is 0 Å². The maximum atomic E-state index is 13.5. The molecule has 0 amide bonds.